The van der Waals surface area contributed by atoms with Crippen LogP contribution in [0.4, 0.5) is 0 Å². The first kappa shape index (κ1) is 18.4. The standard InChI is InChI=1S/C18H24N2O3S/c1-13(2)14-4-6-15(7-5-14)18(19)12-20-24(21,22)17-10-8-16(23-3)9-11-17/h4-11,13,18,20H,12,19H2,1-3H3. The van der Waals surface area contributed by atoms with Gasteiger partial charge in [0, 0.05) is 12.6 Å². The van der Waals surface area contributed by atoms with E-state index in [1.165, 1.54) is 24.8 Å². The lowest BCUT2D eigenvalue weighted by molar-refractivity contribution is 0.414. The van der Waals surface area contributed by atoms with Gasteiger partial charge < -0.3 is 10.5 Å². The summed E-state index contributed by atoms with van der Waals surface area (Å²) in [6.07, 6.45) is 0. The van der Waals surface area contributed by atoms with Crippen molar-refractivity contribution in [3.63, 3.8) is 0 Å². The Kier molecular flexibility index (Phi) is 5.99. The number of hydrogen-bond acceptors (Lipinski definition) is 4. The minimum atomic E-state index is -3.60. The molecule has 5 nitrogen and oxygen atoms in total. The van der Waals surface area contributed by atoms with Crippen molar-refractivity contribution in [1.29, 1.82) is 0 Å². The van der Waals surface area contributed by atoms with Gasteiger partial charge in [-0.05, 0) is 41.3 Å². The molecule has 0 aliphatic heterocycles. The van der Waals surface area contributed by atoms with Crippen molar-refractivity contribution in [2.45, 2.75) is 30.7 Å². The van der Waals surface area contributed by atoms with Gasteiger partial charge in [-0.15, -0.1) is 0 Å². The number of nitrogens with two attached hydrogens (primary N) is 1. The average Bonchev–Trinajstić information content (AvgIpc) is 2.60. The first-order valence-electron chi connectivity index (χ1n) is 7.82. The number of nitrogens with one attached hydrogen (secondary N) is 1. The normalized spacial score (nSPS) is 13.0. The lowest BCUT2D eigenvalue weighted by atomic mass is 9.99. The van der Waals surface area contributed by atoms with Gasteiger partial charge in [0.25, 0.3) is 0 Å². The first-order valence-corrected chi connectivity index (χ1v) is 9.31. The molecule has 0 aliphatic rings. The Bertz CT molecular complexity index is 754. The van der Waals surface area contributed by atoms with Gasteiger partial charge in [0.05, 0.1) is 12.0 Å². The van der Waals surface area contributed by atoms with Gasteiger partial charge in [0.1, 0.15) is 5.75 Å². The van der Waals surface area contributed by atoms with Crippen molar-refractivity contribution in [3.8, 4) is 5.75 Å². The minimum Gasteiger partial charge on any atom is -0.497 e. The number of methoxy groups -OCH3 is 1. The van der Waals surface area contributed by atoms with E-state index in [2.05, 4.69) is 18.6 Å². The molecule has 0 saturated carbocycles. The average molecular weight is 348 g/mol. The highest BCUT2D eigenvalue weighted by molar-refractivity contribution is 7.89. The van der Waals surface area contributed by atoms with Crippen LogP contribution in [0, 0.1) is 0 Å². The molecule has 130 valence electrons. The summed E-state index contributed by atoms with van der Waals surface area (Å²) in [5.74, 6) is 1.06. The number of rotatable bonds is 7. The van der Waals surface area contributed by atoms with Gasteiger partial charge in [0.15, 0.2) is 0 Å². The Labute approximate surface area is 143 Å². The van der Waals surface area contributed by atoms with Crippen molar-refractivity contribution < 1.29 is 13.2 Å². The summed E-state index contributed by atoms with van der Waals surface area (Å²) in [6, 6.07) is 13.8. The molecular weight excluding hydrogens is 324 g/mol. The van der Waals surface area contributed by atoms with E-state index in [0.717, 1.165) is 5.56 Å². The van der Waals surface area contributed by atoms with E-state index in [0.29, 0.717) is 11.7 Å². The van der Waals surface area contributed by atoms with Crippen LogP contribution in [0.3, 0.4) is 0 Å². The monoisotopic (exact) mass is 348 g/mol. The van der Waals surface area contributed by atoms with E-state index < -0.39 is 16.1 Å². The third-order valence-corrected chi connectivity index (χ3v) is 5.33. The maximum Gasteiger partial charge on any atom is 0.240 e. The van der Waals surface area contributed by atoms with Gasteiger partial charge >= 0.3 is 0 Å². The highest BCUT2D eigenvalue weighted by Crippen LogP contribution is 2.19. The van der Waals surface area contributed by atoms with Crippen LogP contribution in [0.5, 0.6) is 5.75 Å². The second kappa shape index (κ2) is 7.79. The molecule has 0 radical (unpaired) electrons. The first-order chi connectivity index (χ1) is 11.3. The Morgan fingerprint density at radius 2 is 1.54 bits per heavy atom. The van der Waals surface area contributed by atoms with Crippen molar-refractivity contribution in [1.82, 2.24) is 4.72 Å². The molecule has 0 spiro atoms. The largest absolute Gasteiger partial charge is 0.497 e. The predicted octanol–water partition coefficient (Wildman–Crippen LogP) is 2.80. The Hall–Kier alpha value is -1.89. The third-order valence-electron chi connectivity index (χ3n) is 3.89. The molecule has 0 saturated heterocycles. The number of hydrogen-bond donors (Lipinski definition) is 2. The maximum atomic E-state index is 12.3. The molecule has 1 atom stereocenters. The van der Waals surface area contributed by atoms with E-state index >= 15 is 0 Å². The zero-order chi connectivity index (χ0) is 17.7. The van der Waals surface area contributed by atoms with E-state index in [1.807, 2.05) is 24.3 Å². The molecule has 1 unspecified atom stereocenters. The molecule has 0 heterocycles. The zero-order valence-corrected chi connectivity index (χ0v) is 15.0. The van der Waals surface area contributed by atoms with Crippen molar-refractivity contribution in [3.05, 3.63) is 59.7 Å². The number of sulfonamides is 1. The summed E-state index contributed by atoms with van der Waals surface area (Å²) >= 11 is 0. The molecule has 0 aromatic heterocycles. The van der Waals surface area contributed by atoms with Crippen molar-refractivity contribution in [2.75, 3.05) is 13.7 Å². The van der Waals surface area contributed by atoms with Crippen LogP contribution in [0.15, 0.2) is 53.4 Å². The van der Waals surface area contributed by atoms with Crippen molar-refractivity contribution >= 4 is 10.0 Å². The summed E-state index contributed by atoms with van der Waals surface area (Å²) in [6.45, 7) is 4.38. The van der Waals surface area contributed by atoms with Crippen molar-refractivity contribution in [2.24, 2.45) is 5.73 Å². The summed E-state index contributed by atoms with van der Waals surface area (Å²) in [5, 5.41) is 0. The Morgan fingerprint density at radius 1 is 1.00 bits per heavy atom. The van der Waals surface area contributed by atoms with E-state index in [1.54, 1.807) is 12.1 Å². The van der Waals surface area contributed by atoms with Crippen LogP contribution >= 0.6 is 0 Å². The molecule has 0 fully saturated rings. The van der Waals surface area contributed by atoms with Crippen LogP contribution in [0.1, 0.15) is 36.9 Å². The van der Waals surface area contributed by atoms with Crippen LogP contribution in [-0.2, 0) is 10.0 Å². The second-order valence-corrected chi connectivity index (χ2v) is 7.72. The Morgan fingerprint density at radius 3 is 2.04 bits per heavy atom. The van der Waals surface area contributed by atoms with Gasteiger partial charge in [-0.25, -0.2) is 13.1 Å². The fourth-order valence-corrected chi connectivity index (χ4v) is 3.34. The lowest BCUT2D eigenvalue weighted by Crippen LogP contribution is -2.32. The highest BCUT2D eigenvalue weighted by Gasteiger charge is 2.16. The van der Waals surface area contributed by atoms with Gasteiger partial charge in [-0.2, -0.15) is 0 Å². The molecule has 2 rings (SSSR count). The topological polar surface area (TPSA) is 81.4 Å². The van der Waals surface area contributed by atoms with Gasteiger partial charge in [-0.3, -0.25) is 0 Å². The minimum absolute atomic E-state index is 0.134. The molecule has 0 aliphatic carbocycles. The van der Waals surface area contributed by atoms with Gasteiger partial charge in [0.2, 0.25) is 10.0 Å². The quantitative estimate of drug-likeness (QED) is 0.806. The molecule has 3 N–H and O–H groups in total. The summed E-state index contributed by atoms with van der Waals surface area (Å²) in [7, 11) is -2.06. The molecular formula is C18H24N2O3S. The zero-order valence-electron chi connectivity index (χ0n) is 14.2. The highest BCUT2D eigenvalue weighted by atomic mass is 32.2. The molecule has 0 bridgehead atoms. The van der Waals surface area contributed by atoms with Crippen LogP contribution in [0.25, 0.3) is 0 Å². The predicted molar refractivity (Wildman–Crippen MR) is 95.6 cm³/mol. The molecule has 6 heteroatoms. The van der Waals surface area contributed by atoms with E-state index in [4.69, 9.17) is 10.5 Å². The van der Waals surface area contributed by atoms with Crippen LogP contribution < -0.4 is 15.2 Å². The SMILES string of the molecule is COc1ccc(S(=O)(=O)NCC(N)c2ccc(C(C)C)cc2)cc1. The Balaban J connectivity index is 2.02. The summed E-state index contributed by atoms with van der Waals surface area (Å²) in [4.78, 5) is 0.186. The number of ether oxygens (including phenoxy) is 1. The van der Waals surface area contributed by atoms with Gasteiger partial charge in [-0.1, -0.05) is 38.1 Å². The van der Waals surface area contributed by atoms with Crippen LogP contribution in [-0.4, -0.2) is 22.1 Å². The van der Waals surface area contributed by atoms with Crippen LogP contribution in [0.2, 0.25) is 0 Å². The smallest absolute Gasteiger partial charge is 0.240 e. The summed E-state index contributed by atoms with van der Waals surface area (Å²) in [5.41, 5.74) is 8.23. The van der Waals surface area contributed by atoms with E-state index in [9.17, 15) is 8.42 Å². The third kappa shape index (κ3) is 4.56. The maximum absolute atomic E-state index is 12.3. The fourth-order valence-electron chi connectivity index (χ4n) is 2.28. The molecule has 2 aromatic carbocycles. The second-order valence-electron chi connectivity index (χ2n) is 5.96. The van der Waals surface area contributed by atoms with E-state index in [-0.39, 0.29) is 11.4 Å². The fraction of sp³-hybridized carbons (Fsp3) is 0.333. The lowest BCUT2D eigenvalue weighted by Gasteiger charge is -2.15. The molecule has 24 heavy (non-hydrogen) atoms. The number of benzene rings is 2. The molecule has 2 aromatic rings. The summed E-state index contributed by atoms with van der Waals surface area (Å²) < 4.78 is 32.2. The molecule has 0 amide bonds.